The van der Waals surface area contributed by atoms with Crippen LogP contribution in [0.2, 0.25) is 0 Å². The predicted molar refractivity (Wildman–Crippen MR) is 81.1 cm³/mol. The Morgan fingerprint density at radius 1 is 0.900 bits per heavy atom. The fourth-order valence-corrected chi connectivity index (χ4v) is 2.48. The van der Waals surface area contributed by atoms with E-state index in [4.69, 9.17) is 0 Å². The van der Waals surface area contributed by atoms with Crippen molar-refractivity contribution in [3.63, 3.8) is 0 Å². The van der Waals surface area contributed by atoms with Gasteiger partial charge >= 0.3 is 5.97 Å². The predicted octanol–water partition coefficient (Wildman–Crippen LogP) is 4.51. The lowest BCUT2D eigenvalue weighted by Gasteiger charge is -2.11. The van der Waals surface area contributed by atoms with Gasteiger partial charge in [-0.25, -0.2) is 4.79 Å². The highest BCUT2D eigenvalue weighted by Gasteiger charge is 2.14. The van der Waals surface area contributed by atoms with E-state index in [1.165, 1.54) is 0 Å². The van der Waals surface area contributed by atoms with Gasteiger partial charge in [-0.3, -0.25) is 0 Å². The number of carbonyl (C=O) groups is 1. The summed E-state index contributed by atoms with van der Waals surface area (Å²) >= 11 is 0. The quantitative estimate of drug-likeness (QED) is 0.737. The molecule has 0 bridgehead atoms. The van der Waals surface area contributed by atoms with E-state index in [1.807, 2.05) is 61.5 Å². The molecule has 0 aliphatic carbocycles. The maximum absolute atomic E-state index is 11.5. The SMILES string of the molecule is Cc1ccc(-c2c(C(=O)O)ccc3ccccc23)cc1. The molecule has 0 radical (unpaired) electrons. The first-order valence-electron chi connectivity index (χ1n) is 6.49. The number of hydrogen-bond acceptors (Lipinski definition) is 1. The summed E-state index contributed by atoms with van der Waals surface area (Å²) in [6.45, 7) is 2.02. The topological polar surface area (TPSA) is 37.3 Å². The van der Waals surface area contributed by atoms with E-state index in [9.17, 15) is 9.90 Å². The minimum atomic E-state index is -0.897. The maximum Gasteiger partial charge on any atom is 0.336 e. The van der Waals surface area contributed by atoms with Crippen molar-refractivity contribution >= 4 is 16.7 Å². The second-order valence-electron chi connectivity index (χ2n) is 4.88. The number of aryl methyl sites for hydroxylation is 1. The Morgan fingerprint density at radius 2 is 1.60 bits per heavy atom. The van der Waals surface area contributed by atoms with Gasteiger partial charge in [-0.2, -0.15) is 0 Å². The Bertz CT molecular complexity index is 786. The molecule has 2 heteroatoms. The lowest BCUT2D eigenvalue weighted by atomic mass is 9.93. The van der Waals surface area contributed by atoms with Crippen LogP contribution in [0, 0.1) is 6.92 Å². The van der Waals surface area contributed by atoms with E-state index in [0.29, 0.717) is 5.56 Å². The molecule has 0 aromatic heterocycles. The Hall–Kier alpha value is -2.61. The molecule has 2 nitrogen and oxygen atoms in total. The third-order valence-corrected chi connectivity index (χ3v) is 3.50. The minimum Gasteiger partial charge on any atom is -0.478 e. The molecular weight excluding hydrogens is 248 g/mol. The van der Waals surface area contributed by atoms with Crippen molar-refractivity contribution in [1.29, 1.82) is 0 Å². The molecule has 0 atom stereocenters. The first-order valence-corrected chi connectivity index (χ1v) is 6.49. The molecule has 1 N–H and O–H groups in total. The minimum absolute atomic E-state index is 0.340. The highest BCUT2D eigenvalue weighted by Crippen LogP contribution is 2.32. The van der Waals surface area contributed by atoms with Gasteiger partial charge < -0.3 is 5.11 Å². The Morgan fingerprint density at radius 3 is 2.30 bits per heavy atom. The zero-order valence-electron chi connectivity index (χ0n) is 11.1. The van der Waals surface area contributed by atoms with Crippen LogP contribution in [-0.4, -0.2) is 11.1 Å². The van der Waals surface area contributed by atoms with Gasteiger partial charge in [0.25, 0.3) is 0 Å². The largest absolute Gasteiger partial charge is 0.478 e. The molecule has 3 rings (SSSR count). The average Bonchev–Trinajstić information content (AvgIpc) is 2.47. The van der Waals surface area contributed by atoms with Crippen molar-refractivity contribution in [3.8, 4) is 11.1 Å². The van der Waals surface area contributed by atoms with Crippen LogP contribution in [0.4, 0.5) is 0 Å². The Labute approximate surface area is 117 Å². The monoisotopic (exact) mass is 262 g/mol. The zero-order chi connectivity index (χ0) is 14.1. The summed E-state index contributed by atoms with van der Waals surface area (Å²) in [5, 5.41) is 11.5. The lowest BCUT2D eigenvalue weighted by molar-refractivity contribution is 0.0698. The normalized spacial score (nSPS) is 10.7. The summed E-state index contributed by atoms with van der Waals surface area (Å²) in [5.74, 6) is -0.897. The zero-order valence-corrected chi connectivity index (χ0v) is 11.1. The molecule has 3 aromatic rings. The van der Waals surface area contributed by atoms with Crippen LogP contribution in [0.5, 0.6) is 0 Å². The molecule has 0 spiro atoms. The smallest absolute Gasteiger partial charge is 0.336 e. The van der Waals surface area contributed by atoms with Crippen LogP contribution >= 0.6 is 0 Å². The molecule has 0 aliphatic rings. The number of rotatable bonds is 2. The first kappa shape index (κ1) is 12.4. The second-order valence-corrected chi connectivity index (χ2v) is 4.88. The van der Waals surface area contributed by atoms with Gasteiger partial charge in [-0.1, -0.05) is 60.2 Å². The molecule has 98 valence electrons. The molecule has 0 saturated heterocycles. The van der Waals surface area contributed by atoms with Gasteiger partial charge in [0.15, 0.2) is 0 Å². The lowest BCUT2D eigenvalue weighted by Crippen LogP contribution is -2.00. The van der Waals surface area contributed by atoms with Crippen LogP contribution in [0.1, 0.15) is 15.9 Å². The van der Waals surface area contributed by atoms with Gasteiger partial charge in [0.1, 0.15) is 0 Å². The van der Waals surface area contributed by atoms with E-state index in [0.717, 1.165) is 27.5 Å². The molecule has 20 heavy (non-hydrogen) atoms. The van der Waals surface area contributed by atoms with Gasteiger partial charge in [-0.05, 0) is 29.3 Å². The summed E-state index contributed by atoms with van der Waals surface area (Å²) in [4.78, 5) is 11.5. The third kappa shape index (κ3) is 2.05. The second kappa shape index (κ2) is 4.82. The molecule has 0 aliphatic heterocycles. The fourth-order valence-electron chi connectivity index (χ4n) is 2.48. The summed E-state index contributed by atoms with van der Waals surface area (Å²) in [5.41, 5.74) is 3.22. The molecule has 3 aromatic carbocycles. The molecule has 0 unspecified atom stereocenters. The number of carboxylic acid groups (broad SMARTS) is 1. The van der Waals surface area contributed by atoms with E-state index < -0.39 is 5.97 Å². The van der Waals surface area contributed by atoms with Crippen LogP contribution in [0.3, 0.4) is 0 Å². The third-order valence-electron chi connectivity index (χ3n) is 3.50. The van der Waals surface area contributed by atoms with Crippen LogP contribution in [0.25, 0.3) is 21.9 Å². The van der Waals surface area contributed by atoms with E-state index in [1.54, 1.807) is 6.07 Å². The molecular formula is C18H14O2. The first-order chi connectivity index (χ1) is 9.66. The molecule has 0 heterocycles. The molecule has 0 amide bonds. The number of fused-ring (bicyclic) bond motifs is 1. The summed E-state index contributed by atoms with van der Waals surface area (Å²) in [6, 6.07) is 19.4. The van der Waals surface area contributed by atoms with Gasteiger partial charge in [0.2, 0.25) is 0 Å². The Kier molecular flexibility index (Phi) is 2.99. The molecule has 0 saturated carbocycles. The fraction of sp³-hybridized carbons (Fsp3) is 0.0556. The van der Waals surface area contributed by atoms with Gasteiger partial charge in [0.05, 0.1) is 5.56 Å². The van der Waals surface area contributed by atoms with E-state index in [-0.39, 0.29) is 0 Å². The number of hydrogen-bond donors (Lipinski definition) is 1. The van der Waals surface area contributed by atoms with Crippen LogP contribution in [0.15, 0.2) is 60.7 Å². The van der Waals surface area contributed by atoms with Crippen molar-refractivity contribution < 1.29 is 9.90 Å². The van der Waals surface area contributed by atoms with Gasteiger partial charge in [-0.15, -0.1) is 0 Å². The number of benzene rings is 3. The summed E-state index contributed by atoms with van der Waals surface area (Å²) < 4.78 is 0. The van der Waals surface area contributed by atoms with Crippen LogP contribution in [-0.2, 0) is 0 Å². The van der Waals surface area contributed by atoms with E-state index >= 15 is 0 Å². The average molecular weight is 262 g/mol. The highest BCUT2D eigenvalue weighted by molar-refractivity contribution is 6.07. The van der Waals surface area contributed by atoms with E-state index in [2.05, 4.69) is 0 Å². The number of aromatic carboxylic acids is 1. The van der Waals surface area contributed by atoms with Crippen molar-refractivity contribution in [2.45, 2.75) is 6.92 Å². The van der Waals surface area contributed by atoms with Crippen LogP contribution < -0.4 is 0 Å². The summed E-state index contributed by atoms with van der Waals surface area (Å²) in [6.07, 6.45) is 0. The van der Waals surface area contributed by atoms with Gasteiger partial charge in [0, 0.05) is 5.56 Å². The Balaban J connectivity index is 2.38. The highest BCUT2D eigenvalue weighted by atomic mass is 16.4. The maximum atomic E-state index is 11.5. The standard InChI is InChI=1S/C18H14O2/c1-12-6-8-14(9-7-12)17-15-5-3-2-4-13(15)10-11-16(17)18(19)20/h2-11H,1H3,(H,19,20). The van der Waals surface area contributed by atoms with Crippen molar-refractivity contribution in [3.05, 3.63) is 71.8 Å². The van der Waals surface area contributed by atoms with Crippen molar-refractivity contribution in [2.75, 3.05) is 0 Å². The number of carboxylic acids is 1. The molecule has 0 fully saturated rings. The van der Waals surface area contributed by atoms with Crippen molar-refractivity contribution in [1.82, 2.24) is 0 Å². The summed E-state index contributed by atoms with van der Waals surface area (Å²) in [7, 11) is 0. The van der Waals surface area contributed by atoms with Crippen molar-refractivity contribution in [2.24, 2.45) is 0 Å².